The van der Waals surface area contributed by atoms with Gasteiger partial charge in [-0.05, 0) is 19.3 Å². The van der Waals surface area contributed by atoms with E-state index in [1.54, 1.807) is 0 Å². The van der Waals surface area contributed by atoms with Crippen molar-refractivity contribution in [2.45, 2.75) is 59.4 Å². The van der Waals surface area contributed by atoms with Gasteiger partial charge in [-0.25, -0.2) is 0 Å². The first kappa shape index (κ1) is 14.3. The summed E-state index contributed by atoms with van der Waals surface area (Å²) in [7, 11) is 0. The van der Waals surface area contributed by atoms with Gasteiger partial charge in [0, 0.05) is 11.7 Å². The van der Waals surface area contributed by atoms with Crippen molar-refractivity contribution in [2.24, 2.45) is 5.92 Å². The molecule has 0 aromatic carbocycles. The van der Waals surface area contributed by atoms with Crippen LogP contribution in [0.4, 0.5) is 0 Å². The van der Waals surface area contributed by atoms with E-state index in [0.717, 1.165) is 5.70 Å². The van der Waals surface area contributed by atoms with Gasteiger partial charge in [-0.1, -0.05) is 58.8 Å². The molecule has 0 bridgehead atoms. The zero-order valence-electron chi connectivity index (χ0n) is 10.9. The maximum atomic E-state index is 4.18. The Balaban J connectivity index is 4.17. The summed E-state index contributed by atoms with van der Waals surface area (Å²) in [5, 5.41) is 3.43. The van der Waals surface area contributed by atoms with Crippen molar-refractivity contribution in [3.63, 3.8) is 0 Å². The molecule has 88 valence electrons. The van der Waals surface area contributed by atoms with Crippen LogP contribution in [-0.4, -0.2) is 6.04 Å². The minimum atomic E-state index is 0.411. The lowest BCUT2D eigenvalue weighted by molar-refractivity contribution is 0.510. The van der Waals surface area contributed by atoms with Crippen molar-refractivity contribution < 1.29 is 0 Å². The van der Waals surface area contributed by atoms with E-state index in [0.29, 0.717) is 12.0 Å². The van der Waals surface area contributed by atoms with Gasteiger partial charge in [-0.2, -0.15) is 0 Å². The second-order valence-corrected chi connectivity index (χ2v) is 4.70. The molecule has 0 radical (unpaired) electrons. The van der Waals surface area contributed by atoms with Gasteiger partial charge in [0.15, 0.2) is 0 Å². The monoisotopic (exact) mass is 209 g/mol. The molecule has 0 heterocycles. The van der Waals surface area contributed by atoms with Gasteiger partial charge in [-0.15, -0.1) is 0 Å². The van der Waals surface area contributed by atoms with Crippen LogP contribution in [0.15, 0.2) is 24.4 Å². The molecule has 0 aromatic rings. The first-order valence-corrected chi connectivity index (χ1v) is 6.09. The van der Waals surface area contributed by atoms with E-state index in [1.807, 2.05) is 6.92 Å². The Kier molecular flexibility index (Phi) is 7.19. The predicted octanol–water partition coefficient (Wildman–Crippen LogP) is 4.27. The lowest BCUT2D eigenvalue weighted by Crippen LogP contribution is -2.30. The largest absolute Gasteiger partial charge is 0.383 e. The van der Waals surface area contributed by atoms with Crippen LogP contribution in [0.1, 0.15) is 53.4 Å². The zero-order valence-corrected chi connectivity index (χ0v) is 10.9. The molecule has 15 heavy (non-hydrogen) atoms. The van der Waals surface area contributed by atoms with Crippen LogP contribution in [0.3, 0.4) is 0 Å². The molecule has 0 saturated carbocycles. The Morgan fingerprint density at radius 3 is 2.20 bits per heavy atom. The highest BCUT2D eigenvalue weighted by atomic mass is 14.9. The van der Waals surface area contributed by atoms with E-state index >= 15 is 0 Å². The van der Waals surface area contributed by atoms with Crippen LogP contribution < -0.4 is 5.32 Å². The number of nitrogens with one attached hydrogen (secondary N) is 1. The van der Waals surface area contributed by atoms with Crippen molar-refractivity contribution >= 4 is 0 Å². The first-order chi connectivity index (χ1) is 6.99. The van der Waals surface area contributed by atoms with Gasteiger partial charge < -0.3 is 5.32 Å². The van der Waals surface area contributed by atoms with Gasteiger partial charge in [0.25, 0.3) is 0 Å². The van der Waals surface area contributed by atoms with Crippen molar-refractivity contribution in [1.29, 1.82) is 0 Å². The number of hydrogen-bond donors (Lipinski definition) is 1. The summed E-state index contributed by atoms with van der Waals surface area (Å²) in [6.45, 7) is 16.8. The van der Waals surface area contributed by atoms with Gasteiger partial charge in [-0.3, -0.25) is 0 Å². The second kappa shape index (κ2) is 7.56. The van der Waals surface area contributed by atoms with Crippen LogP contribution in [0.5, 0.6) is 0 Å². The molecule has 0 aliphatic carbocycles. The van der Waals surface area contributed by atoms with Crippen LogP contribution in [-0.2, 0) is 0 Å². The standard InChI is InChI=1S/C14H27N/c1-7-8-9-10-14(15-12(4)5)13(6)11(2)3/h11,14-15H,4,6-10H2,1-3,5H3. The molecule has 0 spiro atoms. The molecule has 0 aliphatic heterocycles. The Morgan fingerprint density at radius 1 is 1.20 bits per heavy atom. The summed E-state index contributed by atoms with van der Waals surface area (Å²) >= 11 is 0. The molecule has 0 saturated heterocycles. The predicted molar refractivity (Wildman–Crippen MR) is 69.9 cm³/mol. The van der Waals surface area contributed by atoms with Crippen molar-refractivity contribution in [3.8, 4) is 0 Å². The van der Waals surface area contributed by atoms with Crippen LogP contribution in [0.2, 0.25) is 0 Å². The summed E-state index contributed by atoms with van der Waals surface area (Å²) in [6, 6.07) is 0.411. The van der Waals surface area contributed by atoms with E-state index in [2.05, 4.69) is 39.2 Å². The van der Waals surface area contributed by atoms with Crippen LogP contribution in [0, 0.1) is 5.92 Å². The topological polar surface area (TPSA) is 12.0 Å². The highest BCUT2D eigenvalue weighted by molar-refractivity contribution is 5.11. The number of allylic oxidation sites excluding steroid dienone is 1. The average Bonchev–Trinajstić information content (AvgIpc) is 2.14. The minimum Gasteiger partial charge on any atom is -0.383 e. The second-order valence-electron chi connectivity index (χ2n) is 4.70. The molecule has 0 rings (SSSR count). The highest BCUT2D eigenvalue weighted by Crippen LogP contribution is 2.18. The Hall–Kier alpha value is -0.720. The van der Waals surface area contributed by atoms with Gasteiger partial charge in [0.2, 0.25) is 0 Å². The number of unbranched alkanes of at least 4 members (excludes halogenated alkanes) is 2. The third kappa shape index (κ3) is 6.38. The Bertz CT molecular complexity index is 203. The summed E-state index contributed by atoms with van der Waals surface area (Å²) in [5.74, 6) is 0.545. The summed E-state index contributed by atoms with van der Waals surface area (Å²) in [6.07, 6.45) is 5.03. The molecule has 0 amide bonds. The lowest BCUT2D eigenvalue weighted by atomic mass is 9.93. The van der Waals surface area contributed by atoms with E-state index in [4.69, 9.17) is 0 Å². The molecule has 1 heteroatoms. The molecular weight excluding hydrogens is 182 g/mol. The smallest absolute Gasteiger partial charge is 0.0470 e. The number of hydrogen-bond acceptors (Lipinski definition) is 1. The Labute approximate surface area is 95.7 Å². The van der Waals surface area contributed by atoms with Gasteiger partial charge in [0.1, 0.15) is 0 Å². The van der Waals surface area contributed by atoms with Crippen molar-refractivity contribution in [2.75, 3.05) is 0 Å². The van der Waals surface area contributed by atoms with Gasteiger partial charge >= 0.3 is 0 Å². The van der Waals surface area contributed by atoms with Crippen molar-refractivity contribution in [1.82, 2.24) is 5.32 Å². The quantitative estimate of drug-likeness (QED) is 0.465. The van der Waals surface area contributed by atoms with Gasteiger partial charge in [0.05, 0.1) is 0 Å². The summed E-state index contributed by atoms with van der Waals surface area (Å²) in [4.78, 5) is 0. The summed E-state index contributed by atoms with van der Waals surface area (Å²) < 4.78 is 0. The zero-order chi connectivity index (χ0) is 11.8. The average molecular weight is 209 g/mol. The Morgan fingerprint density at radius 2 is 1.80 bits per heavy atom. The molecular formula is C14H27N. The highest BCUT2D eigenvalue weighted by Gasteiger charge is 2.14. The van der Waals surface area contributed by atoms with E-state index in [9.17, 15) is 0 Å². The number of rotatable bonds is 8. The van der Waals surface area contributed by atoms with Crippen LogP contribution in [0.25, 0.3) is 0 Å². The fourth-order valence-electron chi connectivity index (χ4n) is 1.65. The fraction of sp³-hybridized carbons (Fsp3) is 0.714. The van der Waals surface area contributed by atoms with Crippen molar-refractivity contribution in [3.05, 3.63) is 24.4 Å². The molecule has 0 aliphatic rings. The first-order valence-electron chi connectivity index (χ1n) is 6.09. The molecule has 1 nitrogen and oxygen atoms in total. The maximum Gasteiger partial charge on any atom is 0.0470 e. The van der Waals surface area contributed by atoms with Crippen LogP contribution >= 0.6 is 0 Å². The van der Waals surface area contributed by atoms with E-state index < -0.39 is 0 Å². The molecule has 1 atom stereocenters. The van der Waals surface area contributed by atoms with E-state index in [-0.39, 0.29) is 0 Å². The maximum absolute atomic E-state index is 4.18. The summed E-state index contributed by atoms with van der Waals surface area (Å²) in [5.41, 5.74) is 2.34. The molecule has 1 unspecified atom stereocenters. The fourth-order valence-corrected chi connectivity index (χ4v) is 1.65. The molecule has 0 aromatic heterocycles. The minimum absolute atomic E-state index is 0.411. The SMILES string of the molecule is C=C(C)NC(CCCCC)C(=C)C(C)C. The van der Waals surface area contributed by atoms with E-state index in [1.165, 1.54) is 31.3 Å². The normalized spacial score (nSPS) is 12.6. The third-order valence-corrected chi connectivity index (χ3v) is 2.71. The molecule has 1 N–H and O–H groups in total. The lowest BCUT2D eigenvalue weighted by Gasteiger charge is -2.24. The third-order valence-electron chi connectivity index (χ3n) is 2.71. The molecule has 0 fully saturated rings.